The van der Waals surface area contributed by atoms with E-state index < -0.39 is 60.4 Å². The van der Waals surface area contributed by atoms with E-state index in [4.69, 9.17) is 23.7 Å². The Morgan fingerprint density at radius 1 is 0.833 bits per heavy atom. The first-order chi connectivity index (χ1) is 14.0. The minimum absolute atomic E-state index is 0.0169. The van der Waals surface area contributed by atoms with Gasteiger partial charge in [-0.2, -0.15) is 0 Å². The molecule has 168 valence electrons. The minimum Gasteiger partial charge on any atom is -0.463 e. The average Bonchev–Trinajstić information content (AvgIpc) is 2.60. The molecule has 5 atom stereocenters. The lowest BCUT2D eigenvalue weighted by atomic mass is 9.96. The Labute approximate surface area is 174 Å². The highest BCUT2D eigenvalue weighted by Gasteiger charge is 2.54. The predicted molar refractivity (Wildman–Crippen MR) is 99.5 cm³/mol. The van der Waals surface area contributed by atoms with E-state index in [1.165, 1.54) is 24.8 Å². The molecule has 1 amide bonds. The Kier molecular flexibility index (Phi) is 9.44. The standard InChI is InChI=1S/C19H27NO10/c1-7-8-20(10(2)21)19-18(29-14(6)25)17(28-13(5)24)16(27-12(4)23)15(30-19)9-26-11(3)22/h7,15-19H,1,8-9H2,2-6H3/t15-,16-,17+,18-,19-/m1/s1. The van der Waals surface area contributed by atoms with Gasteiger partial charge in [-0.25, -0.2) is 0 Å². The molecule has 1 aliphatic rings. The van der Waals surface area contributed by atoms with E-state index in [0.717, 1.165) is 20.8 Å². The number of amides is 1. The molecule has 11 nitrogen and oxygen atoms in total. The molecule has 0 bridgehead atoms. The Morgan fingerprint density at radius 3 is 1.77 bits per heavy atom. The molecule has 1 fully saturated rings. The molecule has 30 heavy (non-hydrogen) atoms. The molecule has 0 aromatic heterocycles. The Morgan fingerprint density at radius 2 is 1.33 bits per heavy atom. The maximum atomic E-state index is 12.2. The van der Waals surface area contributed by atoms with E-state index in [-0.39, 0.29) is 13.2 Å². The molecule has 0 aliphatic carbocycles. The lowest BCUT2D eigenvalue weighted by Gasteiger charge is -2.47. The summed E-state index contributed by atoms with van der Waals surface area (Å²) in [4.78, 5) is 59.9. The van der Waals surface area contributed by atoms with Crippen LogP contribution in [0.2, 0.25) is 0 Å². The summed E-state index contributed by atoms with van der Waals surface area (Å²) >= 11 is 0. The van der Waals surface area contributed by atoms with Crippen LogP contribution >= 0.6 is 0 Å². The fourth-order valence-corrected chi connectivity index (χ4v) is 3.01. The number of hydrogen-bond donors (Lipinski definition) is 0. The Hall–Kier alpha value is -2.95. The van der Waals surface area contributed by atoms with Crippen molar-refractivity contribution in [3.8, 4) is 0 Å². The van der Waals surface area contributed by atoms with Crippen LogP contribution in [0.25, 0.3) is 0 Å². The maximum absolute atomic E-state index is 12.2. The quantitative estimate of drug-likeness (QED) is 0.297. The second-order valence-corrected chi connectivity index (χ2v) is 6.55. The Bertz CT molecular complexity index is 691. The molecule has 0 spiro atoms. The van der Waals surface area contributed by atoms with Crippen molar-refractivity contribution in [1.29, 1.82) is 0 Å². The van der Waals surface area contributed by atoms with Crippen molar-refractivity contribution >= 4 is 29.8 Å². The van der Waals surface area contributed by atoms with Crippen molar-refractivity contribution in [2.75, 3.05) is 13.2 Å². The molecule has 0 radical (unpaired) electrons. The number of esters is 4. The second-order valence-electron chi connectivity index (χ2n) is 6.55. The smallest absolute Gasteiger partial charge is 0.303 e. The zero-order chi connectivity index (χ0) is 23.0. The third-order valence-corrected chi connectivity index (χ3v) is 4.00. The van der Waals surface area contributed by atoms with Crippen LogP contribution in [0, 0.1) is 0 Å². The number of carbonyl (C=O) groups is 5. The van der Waals surface area contributed by atoms with Crippen LogP contribution in [-0.4, -0.2) is 78.5 Å². The lowest BCUT2D eigenvalue weighted by molar-refractivity contribution is -0.275. The SMILES string of the molecule is C=CCN(C(C)=O)[C@@H]1O[C@H](COC(C)=O)[C@@H](OC(C)=O)[C@H](OC(C)=O)[C@H]1OC(C)=O. The van der Waals surface area contributed by atoms with Gasteiger partial charge in [0, 0.05) is 41.2 Å². The van der Waals surface area contributed by atoms with Crippen molar-refractivity contribution in [3.05, 3.63) is 12.7 Å². The van der Waals surface area contributed by atoms with E-state index >= 15 is 0 Å². The number of carbonyl (C=O) groups excluding carboxylic acids is 5. The lowest BCUT2D eigenvalue weighted by Crippen LogP contribution is -2.66. The molecule has 0 unspecified atom stereocenters. The summed E-state index contributed by atoms with van der Waals surface area (Å²) in [6.45, 7) is 9.04. The zero-order valence-electron chi connectivity index (χ0n) is 17.6. The third kappa shape index (κ3) is 7.14. The highest BCUT2D eigenvalue weighted by Crippen LogP contribution is 2.31. The first kappa shape index (κ1) is 25.1. The summed E-state index contributed by atoms with van der Waals surface area (Å²) < 4.78 is 26.8. The van der Waals surface area contributed by atoms with Crippen molar-refractivity contribution in [3.63, 3.8) is 0 Å². The van der Waals surface area contributed by atoms with Gasteiger partial charge in [-0.3, -0.25) is 24.0 Å². The van der Waals surface area contributed by atoms with Gasteiger partial charge in [0.2, 0.25) is 5.91 Å². The number of hydrogen-bond acceptors (Lipinski definition) is 10. The summed E-state index contributed by atoms with van der Waals surface area (Å²) in [5.74, 6) is -3.30. The number of nitrogens with zero attached hydrogens (tertiary/aromatic N) is 1. The summed E-state index contributed by atoms with van der Waals surface area (Å²) in [7, 11) is 0. The molecule has 1 saturated heterocycles. The van der Waals surface area contributed by atoms with Crippen molar-refractivity contribution in [1.82, 2.24) is 4.90 Å². The van der Waals surface area contributed by atoms with Gasteiger partial charge in [0.25, 0.3) is 0 Å². The Balaban J connectivity index is 3.49. The topological polar surface area (TPSA) is 135 Å². The second kappa shape index (κ2) is 11.3. The van der Waals surface area contributed by atoms with E-state index in [0.29, 0.717) is 0 Å². The maximum Gasteiger partial charge on any atom is 0.303 e. The van der Waals surface area contributed by atoms with E-state index in [1.54, 1.807) is 0 Å². The van der Waals surface area contributed by atoms with Crippen molar-refractivity contribution < 1.29 is 47.7 Å². The summed E-state index contributed by atoms with van der Waals surface area (Å²) in [6.07, 6.45) is -4.86. The highest BCUT2D eigenvalue weighted by atomic mass is 16.7. The van der Waals surface area contributed by atoms with Crippen LogP contribution in [-0.2, 0) is 47.7 Å². The molecular weight excluding hydrogens is 402 g/mol. The van der Waals surface area contributed by atoms with Crippen LogP contribution < -0.4 is 0 Å². The van der Waals surface area contributed by atoms with Gasteiger partial charge in [0.15, 0.2) is 24.5 Å². The van der Waals surface area contributed by atoms with Gasteiger partial charge in [0.1, 0.15) is 12.7 Å². The van der Waals surface area contributed by atoms with Gasteiger partial charge in [-0.15, -0.1) is 6.58 Å². The summed E-state index contributed by atoms with van der Waals surface area (Å²) in [6, 6.07) is 0. The molecule has 0 N–H and O–H groups in total. The first-order valence-corrected chi connectivity index (χ1v) is 9.16. The number of ether oxygens (including phenoxy) is 5. The van der Waals surface area contributed by atoms with Gasteiger partial charge in [0.05, 0.1) is 0 Å². The van der Waals surface area contributed by atoms with E-state index in [2.05, 4.69) is 6.58 Å². The fraction of sp³-hybridized carbons (Fsp3) is 0.632. The molecule has 1 heterocycles. The minimum atomic E-state index is -1.33. The van der Waals surface area contributed by atoms with Crippen molar-refractivity contribution in [2.24, 2.45) is 0 Å². The predicted octanol–water partition coefficient (Wildman–Crippen LogP) is 0.104. The summed E-state index contributed by atoms with van der Waals surface area (Å²) in [5, 5.41) is 0. The van der Waals surface area contributed by atoms with Crippen LogP contribution in [0.3, 0.4) is 0 Å². The van der Waals surface area contributed by atoms with Crippen molar-refractivity contribution in [2.45, 2.75) is 65.3 Å². The van der Waals surface area contributed by atoms with Gasteiger partial charge in [-0.05, 0) is 0 Å². The molecule has 0 saturated carbocycles. The van der Waals surface area contributed by atoms with Gasteiger partial charge >= 0.3 is 23.9 Å². The largest absolute Gasteiger partial charge is 0.463 e. The first-order valence-electron chi connectivity index (χ1n) is 9.16. The number of rotatable bonds is 8. The molecular formula is C19H27NO10. The van der Waals surface area contributed by atoms with E-state index in [1.807, 2.05) is 0 Å². The molecule has 1 rings (SSSR count). The monoisotopic (exact) mass is 429 g/mol. The molecule has 0 aromatic carbocycles. The normalized spacial score (nSPS) is 25.4. The summed E-state index contributed by atoms with van der Waals surface area (Å²) in [5.41, 5.74) is 0. The van der Waals surface area contributed by atoms with Crippen LogP contribution in [0.5, 0.6) is 0 Å². The molecule has 0 aromatic rings. The average molecular weight is 429 g/mol. The van der Waals surface area contributed by atoms with Gasteiger partial charge in [-0.1, -0.05) is 6.08 Å². The van der Waals surface area contributed by atoms with Crippen LogP contribution in [0.15, 0.2) is 12.7 Å². The van der Waals surface area contributed by atoms with Crippen LogP contribution in [0.4, 0.5) is 0 Å². The van der Waals surface area contributed by atoms with E-state index in [9.17, 15) is 24.0 Å². The fourth-order valence-electron chi connectivity index (χ4n) is 3.01. The zero-order valence-corrected chi connectivity index (χ0v) is 17.6. The highest BCUT2D eigenvalue weighted by molar-refractivity contribution is 5.74. The molecule has 1 aliphatic heterocycles. The van der Waals surface area contributed by atoms with Gasteiger partial charge < -0.3 is 28.6 Å². The van der Waals surface area contributed by atoms with Crippen LogP contribution in [0.1, 0.15) is 34.6 Å². The molecule has 11 heteroatoms. The third-order valence-electron chi connectivity index (χ3n) is 4.00.